The van der Waals surface area contributed by atoms with E-state index in [2.05, 4.69) is 21.2 Å². The zero-order chi connectivity index (χ0) is 25.5. The van der Waals surface area contributed by atoms with Crippen molar-refractivity contribution in [1.82, 2.24) is 10.2 Å². The average Bonchev–Trinajstić information content (AvgIpc) is 2.78. The van der Waals surface area contributed by atoms with E-state index in [1.54, 1.807) is 31.2 Å². The van der Waals surface area contributed by atoms with Gasteiger partial charge in [-0.25, -0.2) is 8.42 Å². The molecule has 1 unspecified atom stereocenters. The zero-order valence-electron chi connectivity index (χ0n) is 20.1. The maximum atomic E-state index is 13.5. The number of amides is 2. The Morgan fingerprint density at radius 3 is 2.26 bits per heavy atom. The molecule has 34 heavy (non-hydrogen) atoms. The Balaban J connectivity index is 2.35. The predicted octanol–water partition coefficient (Wildman–Crippen LogP) is 3.41. The summed E-state index contributed by atoms with van der Waals surface area (Å²) in [6.07, 6.45) is 1.04. The van der Waals surface area contributed by atoms with Crippen molar-refractivity contribution in [3.8, 4) is 5.75 Å². The molecule has 0 aromatic heterocycles. The number of methoxy groups -OCH3 is 1. The van der Waals surface area contributed by atoms with Crippen LogP contribution in [0.1, 0.15) is 26.3 Å². The molecule has 10 heteroatoms. The quantitative estimate of drug-likeness (QED) is 0.460. The lowest BCUT2D eigenvalue weighted by atomic mass is 10.1. The van der Waals surface area contributed by atoms with Crippen molar-refractivity contribution in [2.24, 2.45) is 5.92 Å². The van der Waals surface area contributed by atoms with E-state index in [0.717, 1.165) is 20.6 Å². The van der Waals surface area contributed by atoms with E-state index in [1.165, 1.54) is 12.0 Å². The third-order valence-corrected chi connectivity index (χ3v) is 6.77. The highest BCUT2D eigenvalue weighted by Crippen LogP contribution is 2.22. The van der Waals surface area contributed by atoms with Crippen LogP contribution in [0.2, 0.25) is 0 Å². The minimum Gasteiger partial charge on any atom is -0.497 e. The van der Waals surface area contributed by atoms with Gasteiger partial charge in [-0.2, -0.15) is 0 Å². The molecule has 1 N–H and O–H groups in total. The van der Waals surface area contributed by atoms with Crippen LogP contribution >= 0.6 is 15.9 Å². The van der Waals surface area contributed by atoms with Crippen LogP contribution in [0.4, 0.5) is 5.69 Å². The normalized spacial score (nSPS) is 12.2. The van der Waals surface area contributed by atoms with Gasteiger partial charge in [-0.15, -0.1) is 0 Å². The number of carbonyl (C=O) groups is 2. The fourth-order valence-corrected chi connectivity index (χ4v) is 4.53. The summed E-state index contributed by atoms with van der Waals surface area (Å²) >= 11 is 3.42. The highest BCUT2D eigenvalue weighted by atomic mass is 79.9. The van der Waals surface area contributed by atoms with Crippen molar-refractivity contribution in [3.63, 3.8) is 0 Å². The van der Waals surface area contributed by atoms with Gasteiger partial charge in [0, 0.05) is 17.6 Å². The standard InChI is InChI=1S/C24H32BrN3O5S/c1-17(2)14-26-24(30)18(3)27(15-19-7-6-8-20(25)13-19)23(29)16-28(34(5,31)32)21-9-11-22(33-4)12-10-21/h6-13,17-18H,14-16H2,1-5H3,(H,26,30). The molecular formula is C24H32BrN3O5S. The zero-order valence-corrected chi connectivity index (χ0v) is 22.5. The van der Waals surface area contributed by atoms with E-state index in [0.29, 0.717) is 18.0 Å². The van der Waals surface area contributed by atoms with Crippen molar-refractivity contribution >= 4 is 43.5 Å². The molecular weight excluding hydrogens is 522 g/mol. The summed E-state index contributed by atoms with van der Waals surface area (Å²) in [7, 11) is -2.26. The molecule has 2 aromatic rings. The molecule has 1 atom stereocenters. The van der Waals surface area contributed by atoms with Crippen molar-refractivity contribution in [2.75, 3.05) is 30.8 Å². The summed E-state index contributed by atoms with van der Waals surface area (Å²) in [5, 5.41) is 2.85. The molecule has 0 bridgehead atoms. The molecule has 186 valence electrons. The molecule has 0 spiro atoms. The van der Waals surface area contributed by atoms with Crippen molar-refractivity contribution in [1.29, 1.82) is 0 Å². The number of benzene rings is 2. The molecule has 0 saturated carbocycles. The number of rotatable bonds is 11. The number of nitrogens with one attached hydrogen (secondary N) is 1. The van der Waals surface area contributed by atoms with Crippen LogP contribution in [0.15, 0.2) is 53.0 Å². The Labute approximate surface area is 210 Å². The molecule has 2 aromatic carbocycles. The summed E-state index contributed by atoms with van der Waals surface area (Å²) in [6.45, 7) is 5.78. The lowest BCUT2D eigenvalue weighted by Crippen LogP contribution is -2.51. The second-order valence-electron chi connectivity index (χ2n) is 8.43. The molecule has 0 aliphatic carbocycles. The number of halogens is 1. The Bertz CT molecular complexity index is 1090. The van der Waals surface area contributed by atoms with Crippen LogP contribution in [-0.2, 0) is 26.2 Å². The summed E-state index contributed by atoms with van der Waals surface area (Å²) in [5.74, 6) is 0.0252. The smallest absolute Gasteiger partial charge is 0.244 e. The SMILES string of the molecule is COc1ccc(N(CC(=O)N(Cc2cccc(Br)c2)C(C)C(=O)NCC(C)C)S(C)(=O)=O)cc1. The number of sulfonamides is 1. The van der Waals surface area contributed by atoms with E-state index >= 15 is 0 Å². The highest BCUT2D eigenvalue weighted by Gasteiger charge is 2.30. The number of nitrogens with zero attached hydrogens (tertiary/aromatic N) is 2. The van der Waals surface area contributed by atoms with Crippen LogP contribution in [0.3, 0.4) is 0 Å². The number of hydrogen-bond donors (Lipinski definition) is 1. The summed E-state index contributed by atoms with van der Waals surface area (Å²) in [4.78, 5) is 27.7. The van der Waals surface area contributed by atoms with Gasteiger partial charge in [0.2, 0.25) is 21.8 Å². The lowest BCUT2D eigenvalue weighted by Gasteiger charge is -2.31. The van der Waals surface area contributed by atoms with Crippen molar-refractivity contribution in [2.45, 2.75) is 33.4 Å². The van der Waals surface area contributed by atoms with Crippen LogP contribution in [-0.4, -0.2) is 57.6 Å². The van der Waals surface area contributed by atoms with Crippen molar-refractivity contribution < 1.29 is 22.7 Å². The van der Waals surface area contributed by atoms with Gasteiger partial charge in [-0.1, -0.05) is 41.9 Å². The molecule has 2 rings (SSSR count). The predicted molar refractivity (Wildman–Crippen MR) is 137 cm³/mol. The van der Waals surface area contributed by atoms with Gasteiger partial charge in [0.25, 0.3) is 0 Å². The molecule has 8 nitrogen and oxygen atoms in total. The summed E-state index contributed by atoms with van der Waals surface area (Å²) in [5.41, 5.74) is 1.14. The molecule has 0 aliphatic heterocycles. The third-order valence-electron chi connectivity index (χ3n) is 5.13. The number of hydrogen-bond acceptors (Lipinski definition) is 5. The number of ether oxygens (including phenoxy) is 1. The summed E-state index contributed by atoms with van der Waals surface area (Å²) < 4.78 is 32.1. The van der Waals surface area contributed by atoms with Gasteiger partial charge >= 0.3 is 0 Å². The van der Waals surface area contributed by atoms with Crippen LogP contribution in [0, 0.1) is 5.92 Å². The second-order valence-corrected chi connectivity index (χ2v) is 11.3. The number of anilines is 1. The van der Waals surface area contributed by atoms with E-state index in [4.69, 9.17) is 4.74 Å². The summed E-state index contributed by atoms with van der Waals surface area (Å²) in [6, 6.07) is 13.0. The third kappa shape index (κ3) is 8.02. The largest absolute Gasteiger partial charge is 0.497 e. The molecule has 0 fully saturated rings. The number of carbonyl (C=O) groups excluding carboxylic acids is 2. The van der Waals surface area contributed by atoms with Gasteiger partial charge in [-0.3, -0.25) is 13.9 Å². The molecule has 0 aliphatic rings. The maximum absolute atomic E-state index is 13.5. The van der Waals surface area contributed by atoms with Crippen LogP contribution in [0.5, 0.6) is 5.75 Å². The fourth-order valence-electron chi connectivity index (χ4n) is 3.23. The first-order chi connectivity index (χ1) is 15.9. The van der Waals surface area contributed by atoms with E-state index in [9.17, 15) is 18.0 Å². The van der Waals surface area contributed by atoms with Crippen molar-refractivity contribution in [3.05, 3.63) is 58.6 Å². The average molecular weight is 555 g/mol. The second kappa shape index (κ2) is 12.2. The van der Waals surface area contributed by atoms with Gasteiger partial charge in [-0.05, 0) is 54.8 Å². The molecule has 0 heterocycles. The Hall–Kier alpha value is -2.59. The van der Waals surface area contributed by atoms with Gasteiger partial charge in [0.1, 0.15) is 18.3 Å². The molecule has 2 amide bonds. The molecule has 0 radical (unpaired) electrons. The Morgan fingerprint density at radius 2 is 1.74 bits per heavy atom. The minimum absolute atomic E-state index is 0.148. The molecule has 0 saturated heterocycles. The lowest BCUT2D eigenvalue weighted by molar-refractivity contribution is -0.139. The maximum Gasteiger partial charge on any atom is 0.244 e. The highest BCUT2D eigenvalue weighted by molar-refractivity contribution is 9.10. The monoisotopic (exact) mass is 553 g/mol. The van der Waals surface area contributed by atoms with E-state index in [-0.39, 0.29) is 18.4 Å². The van der Waals surface area contributed by atoms with Gasteiger partial charge in [0.15, 0.2) is 0 Å². The Kier molecular flexibility index (Phi) is 9.93. The van der Waals surface area contributed by atoms with Crippen LogP contribution in [0.25, 0.3) is 0 Å². The minimum atomic E-state index is -3.78. The fraction of sp³-hybridized carbons (Fsp3) is 0.417. The van der Waals surface area contributed by atoms with E-state index < -0.39 is 28.5 Å². The van der Waals surface area contributed by atoms with Gasteiger partial charge in [0.05, 0.1) is 19.1 Å². The Morgan fingerprint density at radius 1 is 1.09 bits per heavy atom. The van der Waals surface area contributed by atoms with Gasteiger partial charge < -0.3 is 15.0 Å². The van der Waals surface area contributed by atoms with E-state index in [1.807, 2.05) is 38.1 Å². The first kappa shape index (κ1) is 27.7. The first-order valence-electron chi connectivity index (χ1n) is 10.9. The topological polar surface area (TPSA) is 96.0 Å². The first-order valence-corrected chi connectivity index (χ1v) is 13.5. The van der Waals surface area contributed by atoms with Crippen LogP contribution < -0.4 is 14.4 Å².